The van der Waals surface area contributed by atoms with Crippen molar-refractivity contribution in [3.63, 3.8) is 0 Å². The number of anilines is 1. The Morgan fingerprint density at radius 1 is 1.14 bits per heavy atom. The molecule has 1 amide bonds. The van der Waals surface area contributed by atoms with Gasteiger partial charge in [-0.05, 0) is 44.5 Å². The van der Waals surface area contributed by atoms with E-state index in [0.717, 1.165) is 11.1 Å². The first-order valence-electron chi connectivity index (χ1n) is 6.64. The van der Waals surface area contributed by atoms with Gasteiger partial charge in [0.1, 0.15) is 5.82 Å². The summed E-state index contributed by atoms with van der Waals surface area (Å²) in [5, 5.41) is 2.76. The molecule has 0 heterocycles. The normalized spacial score (nSPS) is 11.3. The topological polar surface area (TPSA) is 29.1 Å². The third-order valence-corrected chi connectivity index (χ3v) is 3.81. The van der Waals surface area contributed by atoms with Crippen LogP contribution in [0.4, 0.5) is 10.1 Å². The van der Waals surface area contributed by atoms with Gasteiger partial charge in [0.15, 0.2) is 0 Å². The Bertz CT molecular complexity index is 665. The van der Waals surface area contributed by atoms with Crippen LogP contribution in [0.15, 0.2) is 42.5 Å². The van der Waals surface area contributed by atoms with Gasteiger partial charge in [-0.2, -0.15) is 0 Å². The molecule has 0 aliphatic carbocycles. The average molecular weight is 306 g/mol. The van der Waals surface area contributed by atoms with E-state index >= 15 is 0 Å². The number of nitrogens with one attached hydrogen (secondary N) is 1. The Labute approximate surface area is 128 Å². The van der Waals surface area contributed by atoms with Gasteiger partial charge in [-0.25, -0.2) is 4.39 Å². The molecular formula is C17H17ClFNO. The molecule has 0 aromatic heterocycles. The summed E-state index contributed by atoms with van der Waals surface area (Å²) in [7, 11) is 0. The number of halogens is 2. The van der Waals surface area contributed by atoms with Crippen molar-refractivity contribution in [2.75, 3.05) is 5.32 Å². The maximum absolute atomic E-state index is 13.1. The van der Waals surface area contributed by atoms with E-state index in [9.17, 15) is 9.18 Å². The van der Waals surface area contributed by atoms with Gasteiger partial charge in [0.2, 0.25) is 5.91 Å². The van der Waals surface area contributed by atoms with Crippen molar-refractivity contribution in [2.45, 2.75) is 26.2 Å². The summed E-state index contributed by atoms with van der Waals surface area (Å²) in [4.78, 5) is 12.5. The van der Waals surface area contributed by atoms with E-state index < -0.39 is 11.2 Å². The molecule has 0 aliphatic rings. The van der Waals surface area contributed by atoms with Gasteiger partial charge < -0.3 is 5.32 Å². The lowest BCUT2D eigenvalue weighted by molar-refractivity contribution is -0.120. The van der Waals surface area contributed by atoms with Crippen molar-refractivity contribution in [1.82, 2.24) is 0 Å². The molecule has 0 radical (unpaired) electrons. The maximum atomic E-state index is 13.1. The van der Waals surface area contributed by atoms with Crippen LogP contribution in [-0.2, 0) is 10.2 Å². The van der Waals surface area contributed by atoms with Crippen LogP contribution >= 0.6 is 11.6 Å². The molecule has 4 heteroatoms. The molecule has 0 bridgehead atoms. The summed E-state index contributed by atoms with van der Waals surface area (Å²) in [5.74, 6) is -0.679. The predicted octanol–water partition coefficient (Wildman–Crippen LogP) is 4.70. The van der Waals surface area contributed by atoms with Gasteiger partial charge in [0.25, 0.3) is 0 Å². The largest absolute Gasteiger partial charge is 0.325 e. The molecule has 2 nitrogen and oxygen atoms in total. The Kier molecular flexibility index (Phi) is 4.33. The lowest BCUT2D eigenvalue weighted by Gasteiger charge is -2.24. The van der Waals surface area contributed by atoms with Gasteiger partial charge >= 0.3 is 0 Å². The number of hydrogen-bond acceptors (Lipinski definition) is 1. The van der Waals surface area contributed by atoms with Crippen LogP contribution in [0, 0.1) is 12.7 Å². The number of rotatable bonds is 3. The zero-order chi connectivity index (χ0) is 15.6. The van der Waals surface area contributed by atoms with Crippen LogP contribution in [0.25, 0.3) is 0 Å². The molecule has 21 heavy (non-hydrogen) atoms. The summed E-state index contributed by atoms with van der Waals surface area (Å²) in [6, 6.07) is 11.9. The second kappa shape index (κ2) is 5.86. The fourth-order valence-electron chi connectivity index (χ4n) is 1.96. The molecule has 1 N–H and O–H groups in total. The van der Waals surface area contributed by atoms with Crippen molar-refractivity contribution in [1.29, 1.82) is 0 Å². The van der Waals surface area contributed by atoms with Crippen molar-refractivity contribution >= 4 is 23.2 Å². The minimum Gasteiger partial charge on any atom is -0.325 e. The molecular weight excluding hydrogens is 289 g/mol. The highest BCUT2D eigenvalue weighted by molar-refractivity contribution is 6.31. The first-order chi connectivity index (χ1) is 9.80. The summed E-state index contributed by atoms with van der Waals surface area (Å²) in [6.45, 7) is 5.69. The third-order valence-electron chi connectivity index (χ3n) is 3.52. The molecule has 2 aromatic rings. The Morgan fingerprint density at radius 3 is 2.33 bits per heavy atom. The lowest BCUT2D eigenvalue weighted by Crippen LogP contribution is -2.34. The molecule has 110 valence electrons. The van der Waals surface area contributed by atoms with Crippen LogP contribution in [0.3, 0.4) is 0 Å². The van der Waals surface area contributed by atoms with Gasteiger partial charge in [-0.3, -0.25) is 4.79 Å². The molecule has 0 aliphatic heterocycles. The number of amides is 1. The summed E-state index contributed by atoms with van der Waals surface area (Å²) in [5.41, 5.74) is 1.83. The van der Waals surface area contributed by atoms with E-state index in [1.54, 1.807) is 0 Å². The highest BCUT2D eigenvalue weighted by atomic mass is 35.5. The third kappa shape index (κ3) is 3.42. The smallest absolute Gasteiger partial charge is 0.234 e. The van der Waals surface area contributed by atoms with Crippen LogP contribution in [0.5, 0.6) is 0 Å². The first-order valence-corrected chi connectivity index (χ1v) is 7.02. The van der Waals surface area contributed by atoms with Crippen molar-refractivity contribution in [2.24, 2.45) is 0 Å². The quantitative estimate of drug-likeness (QED) is 0.874. The SMILES string of the molecule is Cc1ccc(C(C)(C)C(=O)Nc2ccc(F)c(Cl)c2)cc1. The highest BCUT2D eigenvalue weighted by Gasteiger charge is 2.29. The van der Waals surface area contributed by atoms with E-state index in [0.29, 0.717) is 5.69 Å². The average Bonchev–Trinajstić information content (AvgIpc) is 2.43. The van der Waals surface area contributed by atoms with Crippen molar-refractivity contribution in [3.8, 4) is 0 Å². The first kappa shape index (κ1) is 15.5. The zero-order valence-electron chi connectivity index (χ0n) is 12.2. The molecule has 0 saturated carbocycles. The lowest BCUT2D eigenvalue weighted by atomic mass is 9.83. The Hall–Kier alpha value is -1.87. The van der Waals surface area contributed by atoms with Gasteiger partial charge in [0.05, 0.1) is 10.4 Å². The van der Waals surface area contributed by atoms with Crippen LogP contribution in [0.2, 0.25) is 5.02 Å². The molecule has 0 spiro atoms. The molecule has 0 unspecified atom stereocenters. The molecule has 0 atom stereocenters. The van der Waals surface area contributed by atoms with E-state index in [4.69, 9.17) is 11.6 Å². The van der Waals surface area contributed by atoms with E-state index in [2.05, 4.69) is 5.32 Å². The fourth-order valence-corrected chi connectivity index (χ4v) is 2.14. The number of carbonyl (C=O) groups is 1. The van der Waals surface area contributed by atoms with Gasteiger partial charge in [0, 0.05) is 5.69 Å². The summed E-state index contributed by atoms with van der Waals surface area (Å²) >= 11 is 5.72. The van der Waals surface area contributed by atoms with E-state index in [1.165, 1.54) is 18.2 Å². The Balaban J connectivity index is 2.21. The van der Waals surface area contributed by atoms with Crippen LogP contribution in [0.1, 0.15) is 25.0 Å². The zero-order valence-corrected chi connectivity index (χ0v) is 13.0. The molecule has 0 saturated heterocycles. The molecule has 2 aromatic carbocycles. The highest BCUT2D eigenvalue weighted by Crippen LogP contribution is 2.26. The number of aryl methyl sites for hydroxylation is 1. The standard InChI is InChI=1S/C17H17ClFNO/c1-11-4-6-12(7-5-11)17(2,3)16(21)20-13-8-9-15(19)14(18)10-13/h4-10H,1-3H3,(H,20,21). The minimum atomic E-state index is -0.700. The Morgan fingerprint density at radius 2 is 1.76 bits per heavy atom. The van der Waals surface area contributed by atoms with Crippen molar-refractivity contribution < 1.29 is 9.18 Å². The van der Waals surface area contributed by atoms with Crippen LogP contribution < -0.4 is 5.32 Å². The minimum absolute atomic E-state index is 0.0130. The number of carbonyl (C=O) groups excluding carboxylic acids is 1. The van der Waals surface area contributed by atoms with Crippen molar-refractivity contribution in [3.05, 3.63) is 64.4 Å². The van der Waals surface area contributed by atoms with Crippen LogP contribution in [-0.4, -0.2) is 5.91 Å². The predicted molar refractivity (Wildman–Crippen MR) is 84.2 cm³/mol. The molecule has 2 rings (SSSR count). The maximum Gasteiger partial charge on any atom is 0.234 e. The fraction of sp³-hybridized carbons (Fsp3) is 0.235. The van der Waals surface area contributed by atoms with Gasteiger partial charge in [-0.15, -0.1) is 0 Å². The second-order valence-electron chi connectivity index (χ2n) is 5.57. The van der Waals surface area contributed by atoms with E-state index in [1.807, 2.05) is 45.0 Å². The van der Waals surface area contributed by atoms with E-state index in [-0.39, 0.29) is 10.9 Å². The molecule has 0 fully saturated rings. The summed E-state index contributed by atoms with van der Waals surface area (Å²) in [6.07, 6.45) is 0. The number of benzene rings is 2. The number of hydrogen-bond donors (Lipinski definition) is 1. The monoisotopic (exact) mass is 305 g/mol. The van der Waals surface area contributed by atoms with Gasteiger partial charge in [-0.1, -0.05) is 41.4 Å². The summed E-state index contributed by atoms with van der Waals surface area (Å²) < 4.78 is 13.1. The second-order valence-corrected chi connectivity index (χ2v) is 5.98.